The van der Waals surface area contributed by atoms with E-state index in [9.17, 15) is 0 Å². The number of nitrogen functional groups attached to an aromatic ring is 1. The minimum absolute atomic E-state index is 0.0217. The summed E-state index contributed by atoms with van der Waals surface area (Å²) in [5.74, 6) is 0.480. The first-order valence-corrected chi connectivity index (χ1v) is 4.86. The molecule has 0 bridgehead atoms. The number of anilines is 1. The molecule has 2 N–H and O–H groups in total. The lowest BCUT2D eigenvalue weighted by atomic mass is 9.91. The molecule has 0 saturated carbocycles. The zero-order chi connectivity index (χ0) is 11.1. The predicted molar refractivity (Wildman–Crippen MR) is 60.4 cm³/mol. The molecule has 2 rings (SSSR count). The Balaban J connectivity index is 2.68. The van der Waals surface area contributed by atoms with Crippen molar-refractivity contribution in [3.8, 4) is 0 Å². The number of fused-ring (bicyclic) bond motifs is 1. The Morgan fingerprint density at radius 2 is 1.87 bits per heavy atom. The van der Waals surface area contributed by atoms with E-state index in [0.29, 0.717) is 11.5 Å². The molecule has 0 aliphatic rings. The Morgan fingerprint density at radius 3 is 2.53 bits per heavy atom. The summed E-state index contributed by atoms with van der Waals surface area (Å²) in [6.45, 7) is 6.35. The van der Waals surface area contributed by atoms with Gasteiger partial charge in [-0.1, -0.05) is 20.8 Å². The van der Waals surface area contributed by atoms with Gasteiger partial charge < -0.3 is 5.73 Å². The molecule has 0 unspecified atom stereocenters. The van der Waals surface area contributed by atoms with Crippen molar-refractivity contribution in [2.24, 2.45) is 0 Å². The summed E-state index contributed by atoms with van der Waals surface area (Å²) in [5, 5.41) is 0.811. The zero-order valence-electron chi connectivity index (χ0n) is 9.15. The number of hydrogen-bond acceptors (Lipinski definition) is 4. The summed E-state index contributed by atoms with van der Waals surface area (Å²) in [6, 6.07) is 3.90. The van der Waals surface area contributed by atoms with Gasteiger partial charge in [0.1, 0.15) is 12.1 Å². The van der Waals surface area contributed by atoms with Crippen LogP contribution in [0.1, 0.15) is 26.5 Å². The van der Waals surface area contributed by atoms with Gasteiger partial charge in [-0.3, -0.25) is 0 Å². The van der Waals surface area contributed by atoms with Crippen molar-refractivity contribution < 1.29 is 0 Å². The maximum absolute atomic E-state index is 5.72. The lowest BCUT2D eigenvalue weighted by Crippen LogP contribution is -2.13. The van der Waals surface area contributed by atoms with Gasteiger partial charge in [-0.05, 0) is 12.1 Å². The highest BCUT2D eigenvalue weighted by molar-refractivity contribution is 5.84. The topological polar surface area (TPSA) is 64.7 Å². The van der Waals surface area contributed by atoms with Crippen molar-refractivity contribution in [1.29, 1.82) is 0 Å². The third-order valence-corrected chi connectivity index (χ3v) is 2.30. The van der Waals surface area contributed by atoms with Gasteiger partial charge in [0.15, 0.2) is 5.65 Å². The average Bonchev–Trinajstić information content (AvgIpc) is 2.16. The third kappa shape index (κ3) is 1.75. The van der Waals surface area contributed by atoms with Crippen LogP contribution >= 0.6 is 0 Å². The highest BCUT2D eigenvalue weighted by atomic mass is 15.0. The Kier molecular flexibility index (Phi) is 2.07. The van der Waals surface area contributed by atoms with Crippen molar-refractivity contribution in [3.05, 3.63) is 24.2 Å². The Labute approximate surface area is 88.6 Å². The van der Waals surface area contributed by atoms with E-state index in [-0.39, 0.29) is 5.41 Å². The quantitative estimate of drug-likeness (QED) is 0.708. The summed E-state index contributed by atoms with van der Waals surface area (Å²) in [6.07, 6.45) is 1.44. The Bertz CT molecular complexity index is 499. The van der Waals surface area contributed by atoms with Crippen LogP contribution in [-0.4, -0.2) is 15.0 Å². The Morgan fingerprint density at radius 1 is 1.13 bits per heavy atom. The molecule has 0 radical (unpaired) electrons. The fourth-order valence-electron chi connectivity index (χ4n) is 1.38. The zero-order valence-corrected chi connectivity index (χ0v) is 9.15. The molecule has 4 nitrogen and oxygen atoms in total. The lowest BCUT2D eigenvalue weighted by molar-refractivity contribution is 0.571. The highest BCUT2D eigenvalue weighted by Gasteiger charge is 2.16. The van der Waals surface area contributed by atoms with Crippen LogP contribution in [-0.2, 0) is 5.41 Å². The summed E-state index contributed by atoms with van der Waals surface area (Å²) < 4.78 is 0. The molecule has 0 atom stereocenters. The van der Waals surface area contributed by atoms with Gasteiger partial charge >= 0.3 is 0 Å². The van der Waals surface area contributed by atoms with Crippen LogP contribution in [0.4, 0.5) is 5.82 Å². The van der Waals surface area contributed by atoms with Crippen LogP contribution in [0.25, 0.3) is 11.0 Å². The van der Waals surface area contributed by atoms with Crippen LogP contribution in [0.3, 0.4) is 0 Å². The molecule has 0 aliphatic heterocycles. The van der Waals surface area contributed by atoms with Crippen LogP contribution < -0.4 is 5.73 Å². The second-order valence-electron chi connectivity index (χ2n) is 4.58. The van der Waals surface area contributed by atoms with Crippen LogP contribution in [0.15, 0.2) is 18.5 Å². The van der Waals surface area contributed by atoms with E-state index >= 15 is 0 Å². The van der Waals surface area contributed by atoms with Gasteiger partial charge in [0, 0.05) is 11.1 Å². The second-order valence-corrected chi connectivity index (χ2v) is 4.58. The first-order valence-electron chi connectivity index (χ1n) is 4.86. The lowest BCUT2D eigenvalue weighted by Gasteiger charge is -2.17. The molecule has 0 spiro atoms. The largest absolute Gasteiger partial charge is 0.383 e. The number of nitrogens with zero attached hydrogens (tertiary/aromatic N) is 3. The average molecular weight is 202 g/mol. The fourth-order valence-corrected chi connectivity index (χ4v) is 1.38. The molecule has 0 fully saturated rings. The monoisotopic (exact) mass is 202 g/mol. The highest BCUT2D eigenvalue weighted by Crippen LogP contribution is 2.23. The molecular weight excluding hydrogens is 188 g/mol. The Hall–Kier alpha value is -1.71. The van der Waals surface area contributed by atoms with Crippen molar-refractivity contribution in [2.75, 3.05) is 5.73 Å². The van der Waals surface area contributed by atoms with E-state index in [1.54, 1.807) is 0 Å². The molecule has 2 aromatic heterocycles. The smallest absolute Gasteiger partial charge is 0.164 e. The van der Waals surface area contributed by atoms with Crippen molar-refractivity contribution >= 4 is 16.9 Å². The van der Waals surface area contributed by atoms with E-state index in [1.807, 2.05) is 12.1 Å². The molecule has 78 valence electrons. The van der Waals surface area contributed by atoms with E-state index in [4.69, 9.17) is 5.73 Å². The van der Waals surface area contributed by atoms with E-state index in [2.05, 4.69) is 35.7 Å². The van der Waals surface area contributed by atoms with Crippen LogP contribution in [0.2, 0.25) is 0 Å². The third-order valence-electron chi connectivity index (χ3n) is 2.30. The van der Waals surface area contributed by atoms with Gasteiger partial charge in [-0.15, -0.1) is 0 Å². The summed E-state index contributed by atoms with van der Waals surface area (Å²) >= 11 is 0. The summed E-state index contributed by atoms with van der Waals surface area (Å²) in [7, 11) is 0. The van der Waals surface area contributed by atoms with E-state index in [0.717, 1.165) is 11.1 Å². The van der Waals surface area contributed by atoms with Gasteiger partial charge in [-0.25, -0.2) is 15.0 Å². The number of aromatic nitrogens is 3. The fraction of sp³-hybridized carbons (Fsp3) is 0.364. The first-order chi connectivity index (χ1) is 6.98. The molecule has 0 amide bonds. The number of nitrogens with two attached hydrogens (primary N) is 1. The van der Waals surface area contributed by atoms with Crippen LogP contribution in [0, 0.1) is 0 Å². The predicted octanol–water partition coefficient (Wildman–Crippen LogP) is 1.90. The molecule has 2 aromatic rings. The molecule has 0 aromatic carbocycles. The number of hydrogen-bond donors (Lipinski definition) is 1. The maximum Gasteiger partial charge on any atom is 0.164 e. The molecule has 0 saturated heterocycles. The van der Waals surface area contributed by atoms with Crippen molar-refractivity contribution in [2.45, 2.75) is 26.2 Å². The summed E-state index contributed by atoms with van der Waals surface area (Å²) in [5.41, 5.74) is 7.42. The standard InChI is InChI=1S/C11H14N4/c1-11(2,3)8-5-4-7-9(12)13-6-14-10(7)15-8/h4-6H,1-3H3,(H2,12,13,14,15). The summed E-state index contributed by atoms with van der Waals surface area (Å²) in [4.78, 5) is 12.5. The van der Waals surface area contributed by atoms with Crippen molar-refractivity contribution in [1.82, 2.24) is 15.0 Å². The van der Waals surface area contributed by atoms with E-state index in [1.165, 1.54) is 6.33 Å². The number of pyridine rings is 1. The van der Waals surface area contributed by atoms with Crippen LogP contribution in [0.5, 0.6) is 0 Å². The van der Waals surface area contributed by atoms with Gasteiger partial charge in [0.05, 0.1) is 5.39 Å². The molecule has 2 heterocycles. The van der Waals surface area contributed by atoms with Gasteiger partial charge in [-0.2, -0.15) is 0 Å². The molecule has 15 heavy (non-hydrogen) atoms. The van der Waals surface area contributed by atoms with Gasteiger partial charge in [0.25, 0.3) is 0 Å². The molecule has 0 aliphatic carbocycles. The normalized spacial score (nSPS) is 11.9. The number of rotatable bonds is 0. The van der Waals surface area contributed by atoms with E-state index < -0.39 is 0 Å². The SMILES string of the molecule is CC(C)(C)c1ccc2c(N)ncnc2n1. The van der Waals surface area contributed by atoms with Crippen molar-refractivity contribution in [3.63, 3.8) is 0 Å². The molecular formula is C11H14N4. The minimum Gasteiger partial charge on any atom is -0.383 e. The molecule has 4 heteroatoms. The maximum atomic E-state index is 5.72. The van der Waals surface area contributed by atoms with Gasteiger partial charge in [0.2, 0.25) is 0 Å². The first kappa shape index (κ1) is 9.83. The minimum atomic E-state index is 0.0217. The second kappa shape index (κ2) is 3.15.